The molecule has 0 spiro atoms. The minimum atomic E-state index is -0.245. The maximum absolute atomic E-state index is 13.1. The van der Waals surface area contributed by atoms with Crippen LogP contribution in [0.4, 0.5) is 4.39 Å². The second-order valence-electron chi connectivity index (χ2n) is 6.97. The summed E-state index contributed by atoms with van der Waals surface area (Å²) in [4.78, 5) is 21.1. The lowest BCUT2D eigenvalue weighted by atomic mass is 10.1. The Balaban J connectivity index is 1.52. The summed E-state index contributed by atoms with van der Waals surface area (Å²) >= 11 is 0. The van der Waals surface area contributed by atoms with Gasteiger partial charge < -0.3 is 9.80 Å². The minimum Gasteiger partial charge on any atom is -0.338 e. The maximum atomic E-state index is 13.1. The van der Waals surface area contributed by atoms with Gasteiger partial charge in [-0.3, -0.25) is 9.78 Å². The van der Waals surface area contributed by atoms with Gasteiger partial charge in [-0.25, -0.2) is 4.39 Å². The van der Waals surface area contributed by atoms with Gasteiger partial charge >= 0.3 is 0 Å². The summed E-state index contributed by atoms with van der Waals surface area (Å²) in [6.07, 6.45) is 5.16. The predicted molar refractivity (Wildman–Crippen MR) is 100 cm³/mol. The Kier molecular flexibility index (Phi) is 6.34. The van der Waals surface area contributed by atoms with Gasteiger partial charge in [0, 0.05) is 50.4 Å². The van der Waals surface area contributed by atoms with Crippen LogP contribution in [-0.4, -0.2) is 46.9 Å². The Hall–Kier alpha value is -2.27. The summed E-state index contributed by atoms with van der Waals surface area (Å²) in [5.74, 6) is -0.0551. The first-order chi connectivity index (χ1) is 12.6. The molecular weight excluding hydrogens is 329 g/mol. The van der Waals surface area contributed by atoms with Crippen LogP contribution in [0.5, 0.6) is 0 Å². The first-order valence-electron chi connectivity index (χ1n) is 9.24. The van der Waals surface area contributed by atoms with Gasteiger partial charge in [0.15, 0.2) is 0 Å². The Morgan fingerprint density at radius 2 is 2.00 bits per heavy atom. The lowest BCUT2D eigenvalue weighted by Crippen LogP contribution is -2.34. The zero-order valence-electron chi connectivity index (χ0n) is 15.3. The number of benzene rings is 1. The molecule has 1 atom stereocenters. The summed E-state index contributed by atoms with van der Waals surface area (Å²) in [6, 6.07) is 12.8. The van der Waals surface area contributed by atoms with Crippen LogP contribution in [0.15, 0.2) is 48.7 Å². The number of pyridine rings is 1. The highest BCUT2D eigenvalue weighted by molar-refractivity contribution is 5.76. The molecule has 1 aliphatic rings. The number of nitrogens with zero attached hydrogens (tertiary/aromatic N) is 3. The van der Waals surface area contributed by atoms with E-state index < -0.39 is 0 Å². The molecule has 1 unspecified atom stereocenters. The van der Waals surface area contributed by atoms with Crippen LogP contribution < -0.4 is 0 Å². The molecule has 138 valence electrons. The molecule has 5 heteroatoms. The topological polar surface area (TPSA) is 36.4 Å². The summed E-state index contributed by atoms with van der Waals surface area (Å²) in [6.45, 7) is 2.24. The van der Waals surface area contributed by atoms with Gasteiger partial charge in [0.2, 0.25) is 5.91 Å². The van der Waals surface area contributed by atoms with E-state index in [4.69, 9.17) is 0 Å². The third-order valence-corrected chi connectivity index (χ3v) is 5.13. The Labute approximate surface area is 154 Å². The molecule has 0 bridgehead atoms. The molecule has 1 aliphatic heterocycles. The van der Waals surface area contributed by atoms with Crippen LogP contribution in [0.25, 0.3) is 0 Å². The monoisotopic (exact) mass is 355 g/mol. The molecule has 2 heterocycles. The number of carbonyl (C=O) groups excluding carboxylic acids is 1. The highest BCUT2D eigenvalue weighted by Gasteiger charge is 2.24. The van der Waals surface area contributed by atoms with E-state index in [9.17, 15) is 9.18 Å². The van der Waals surface area contributed by atoms with Crippen molar-refractivity contribution in [1.29, 1.82) is 0 Å². The van der Waals surface area contributed by atoms with Crippen LogP contribution >= 0.6 is 0 Å². The van der Waals surface area contributed by atoms with Crippen LogP contribution in [0, 0.1) is 5.82 Å². The second-order valence-corrected chi connectivity index (χ2v) is 6.97. The molecule has 1 saturated heterocycles. The fourth-order valence-corrected chi connectivity index (χ4v) is 3.46. The SMILES string of the molecule is CN(CCc1ccccn1)C1CCC(=O)N(Cc2ccc(F)cc2)CC1. The number of rotatable bonds is 6. The fourth-order valence-electron chi connectivity index (χ4n) is 3.46. The average Bonchev–Trinajstić information content (AvgIpc) is 2.84. The molecule has 1 aromatic heterocycles. The third kappa shape index (κ3) is 5.11. The van der Waals surface area contributed by atoms with Gasteiger partial charge in [-0.2, -0.15) is 0 Å². The molecular formula is C21H26FN3O. The Morgan fingerprint density at radius 3 is 2.73 bits per heavy atom. The molecule has 0 saturated carbocycles. The van der Waals surface area contributed by atoms with Gasteiger partial charge in [-0.05, 0) is 49.7 Å². The Morgan fingerprint density at radius 1 is 1.19 bits per heavy atom. The number of carbonyl (C=O) groups is 1. The van der Waals surface area contributed by atoms with Crippen LogP contribution in [0.1, 0.15) is 30.5 Å². The van der Waals surface area contributed by atoms with Gasteiger partial charge in [0.05, 0.1) is 0 Å². The van der Waals surface area contributed by atoms with Gasteiger partial charge in [0.25, 0.3) is 0 Å². The van der Waals surface area contributed by atoms with E-state index in [1.54, 1.807) is 12.1 Å². The predicted octanol–water partition coefficient (Wildman–Crippen LogP) is 3.28. The second kappa shape index (κ2) is 8.90. The van der Waals surface area contributed by atoms with Crippen molar-refractivity contribution in [2.45, 2.75) is 38.3 Å². The summed E-state index contributed by atoms with van der Waals surface area (Å²) < 4.78 is 13.1. The molecule has 1 aromatic carbocycles. The highest BCUT2D eigenvalue weighted by atomic mass is 19.1. The highest BCUT2D eigenvalue weighted by Crippen LogP contribution is 2.19. The number of amides is 1. The van der Waals surface area contributed by atoms with Crippen molar-refractivity contribution in [3.05, 3.63) is 65.7 Å². The minimum absolute atomic E-state index is 0.190. The number of likely N-dealkylation sites (N-methyl/N-ethyl adjacent to an activating group) is 1. The first kappa shape index (κ1) is 18.5. The van der Waals surface area contributed by atoms with Crippen LogP contribution in [0.3, 0.4) is 0 Å². The van der Waals surface area contributed by atoms with Crippen molar-refractivity contribution in [3.8, 4) is 0 Å². The lowest BCUT2D eigenvalue weighted by Gasteiger charge is -2.27. The summed E-state index contributed by atoms with van der Waals surface area (Å²) in [5, 5.41) is 0. The van der Waals surface area contributed by atoms with Crippen molar-refractivity contribution >= 4 is 5.91 Å². The fraction of sp³-hybridized carbons (Fsp3) is 0.429. The average molecular weight is 355 g/mol. The quantitative estimate of drug-likeness (QED) is 0.798. The van der Waals surface area contributed by atoms with Crippen molar-refractivity contribution in [3.63, 3.8) is 0 Å². The zero-order chi connectivity index (χ0) is 18.4. The normalized spacial score (nSPS) is 18.2. The zero-order valence-corrected chi connectivity index (χ0v) is 15.3. The number of aromatic nitrogens is 1. The number of hydrogen-bond donors (Lipinski definition) is 0. The van der Waals surface area contributed by atoms with Gasteiger partial charge in [-0.15, -0.1) is 0 Å². The van der Waals surface area contributed by atoms with E-state index in [0.29, 0.717) is 19.0 Å². The van der Waals surface area contributed by atoms with Crippen molar-refractivity contribution in [2.75, 3.05) is 20.1 Å². The Bertz CT molecular complexity index is 705. The van der Waals surface area contributed by atoms with E-state index in [1.165, 1.54) is 12.1 Å². The molecule has 0 radical (unpaired) electrons. The van der Waals surface area contributed by atoms with E-state index >= 15 is 0 Å². The molecule has 3 rings (SSSR count). The van der Waals surface area contributed by atoms with Crippen LogP contribution in [0.2, 0.25) is 0 Å². The molecule has 0 N–H and O–H groups in total. The van der Waals surface area contributed by atoms with E-state index in [0.717, 1.165) is 43.6 Å². The maximum Gasteiger partial charge on any atom is 0.222 e. The first-order valence-corrected chi connectivity index (χ1v) is 9.24. The number of likely N-dealkylation sites (tertiary alicyclic amines) is 1. The van der Waals surface area contributed by atoms with E-state index in [-0.39, 0.29) is 11.7 Å². The van der Waals surface area contributed by atoms with Crippen LogP contribution in [-0.2, 0) is 17.8 Å². The summed E-state index contributed by atoms with van der Waals surface area (Å²) in [5.41, 5.74) is 2.07. The van der Waals surface area contributed by atoms with E-state index in [1.807, 2.05) is 23.2 Å². The summed E-state index contributed by atoms with van der Waals surface area (Å²) in [7, 11) is 2.13. The molecule has 1 fully saturated rings. The molecule has 0 aliphatic carbocycles. The largest absolute Gasteiger partial charge is 0.338 e. The molecule has 1 amide bonds. The number of halogens is 1. The van der Waals surface area contributed by atoms with Crippen molar-refractivity contribution in [2.24, 2.45) is 0 Å². The molecule has 4 nitrogen and oxygen atoms in total. The van der Waals surface area contributed by atoms with Gasteiger partial charge in [-0.1, -0.05) is 18.2 Å². The smallest absolute Gasteiger partial charge is 0.222 e. The molecule has 26 heavy (non-hydrogen) atoms. The third-order valence-electron chi connectivity index (χ3n) is 5.13. The standard InChI is InChI=1S/C21H26FN3O/c1-24(14-11-19-4-2-3-13-23-19)20-9-10-21(26)25(15-12-20)16-17-5-7-18(22)8-6-17/h2-8,13,20H,9-12,14-16H2,1H3. The molecule has 2 aromatic rings. The lowest BCUT2D eigenvalue weighted by molar-refractivity contribution is -0.131. The van der Waals surface area contributed by atoms with Gasteiger partial charge in [0.1, 0.15) is 5.82 Å². The number of hydrogen-bond acceptors (Lipinski definition) is 3. The van der Waals surface area contributed by atoms with E-state index in [2.05, 4.69) is 23.0 Å². The van der Waals surface area contributed by atoms with Crippen molar-refractivity contribution < 1.29 is 9.18 Å². The van der Waals surface area contributed by atoms with Crippen molar-refractivity contribution in [1.82, 2.24) is 14.8 Å².